The summed E-state index contributed by atoms with van der Waals surface area (Å²) in [5, 5.41) is 4.85. The average Bonchev–Trinajstić information content (AvgIpc) is 2.88. The Morgan fingerprint density at radius 1 is 1.06 bits per heavy atom. The van der Waals surface area contributed by atoms with Crippen LogP contribution in [-0.2, 0) is 4.79 Å². The molecule has 0 aliphatic heterocycles. The largest absolute Gasteiger partial charge is 0.497 e. The van der Waals surface area contributed by atoms with E-state index in [-0.39, 0.29) is 17.2 Å². The number of carbonyl (C=O) groups is 1. The van der Waals surface area contributed by atoms with Gasteiger partial charge in [0, 0.05) is 6.21 Å². The van der Waals surface area contributed by atoms with E-state index in [9.17, 15) is 9.59 Å². The van der Waals surface area contributed by atoms with Crippen LogP contribution in [-0.4, -0.2) is 34.5 Å². The molecule has 0 saturated carbocycles. The molecular formula is C26H22N4O3S. The standard InChI is InChI=1S/C26H22N4O3S/c1-33-21-15-13-20(14-16-21)30-25(32)22-11-5-6-12-23(22)28-26(30)34-18-24(31)29-27-17-7-10-19-8-3-2-4-9-19/h2-17H,18H2,1H3,(H,29,31). The molecule has 4 aromatic rings. The number of methoxy groups -OCH3 is 1. The molecule has 1 amide bonds. The van der Waals surface area contributed by atoms with Gasteiger partial charge in [0.15, 0.2) is 5.16 Å². The van der Waals surface area contributed by atoms with Gasteiger partial charge in [0.25, 0.3) is 11.5 Å². The van der Waals surface area contributed by atoms with E-state index in [1.807, 2.05) is 42.5 Å². The number of nitrogens with zero attached hydrogens (tertiary/aromatic N) is 3. The first-order chi connectivity index (χ1) is 16.7. The number of amides is 1. The van der Waals surface area contributed by atoms with Crippen molar-refractivity contribution in [1.29, 1.82) is 0 Å². The molecule has 0 aliphatic rings. The molecule has 0 bridgehead atoms. The second-order valence-electron chi connectivity index (χ2n) is 7.12. The van der Waals surface area contributed by atoms with Crippen molar-refractivity contribution in [2.24, 2.45) is 5.10 Å². The van der Waals surface area contributed by atoms with Crippen LogP contribution in [0.3, 0.4) is 0 Å². The SMILES string of the molecule is COc1ccc(-n2c(SCC(=O)NN=CC=Cc3ccccc3)nc3ccccc3c2=O)cc1. The molecule has 7 nitrogen and oxygen atoms in total. The van der Waals surface area contributed by atoms with E-state index in [2.05, 4.69) is 15.5 Å². The van der Waals surface area contributed by atoms with Crippen molar-refractivity contribution in [3.63, 3.8) is 0 Å². The van der Waals surface area contributed by atoms with Crippen LogP contribution in [0.25, 0.3) is 22.7 Å². The van der Waals surface area contributed by atoms with E-state index in [1.54, 1.807) is 55.7 Å². The molecule has 8 heteroatoms. The number of rotatable bonds is 8. The Labute approximate surface area is 200 Å². The number of hydrazone groups is 1. The van der Waals surface area contributed by atoms with Gasteiger partial charge in [0.2, 0.25) is 0 Å². The first-order valence-electron chi connectivity index (χ1n) is 10.5. The van der Waals surface area contributed by atoms with Gasteiger partial charge in [-0.05, 0) is 48.0 Å². The highest BCUT2D eigenvalue weighted by Gasteiger charge is 2.14. The number of hydrogen-bond acceptors (Lipinski definition) is 6. The van der Waals surface area contributed by atoms with Crippen LogP contribution < -0.4 is 15.7 Å². The summed E-state index contributed by atoms with van der Waals surface area (Å²) >= 11 is 1.17. The lowest BCUT2D eigenvalue weighted by atomic mass is 10.2. The zero-order chi connectivity index (χ0) is 23.8. The summed E-state index contributed by atoms with van der Waals surface area (Å²) in [7, 11) is 1.58. The van der Waals surface area contributed by atoms with Crippen molar-refractivity contribution < 1.29 is 9.53 Å². The summed E-state index contributed by atoms with van der Waals surface area (Å²) in [6, 6.07) is 24.0. The fraction of sp³-hybridized carbons (Fsp3) is 0.0769. The van der Waals surface area contributed by atoms with E-state index >= 15 is 0 Å². The second kappa shape index (κ2) is 11.1. The second-order valence-corrected chi connectivity index (χ2v) is 8.06. The van der Waals surface area contributed by atoms with Gasteiger partial charge >= 0.3 is 0 Å². The highest BCUT2D eigenvalue weighted by molar-refractivity contribution is 7.99. The number of nitrogens with one attached hydrogen (secondary N) is 1. The van der Waals surface area contributed by atoms with Crippen LogP contribution in [0.5, 0.6) is 5.75 Å². The molecule has 4 rings (SSSR count). The number of thioether (sulfide) groups is 1. The summed E-state index contributed by atoms with van der Waals surface area (Å²) in [6.07, 6.45) is 5.14. The molecule has 0 atom stereocenters. The molecule has 1 aromatic heterocycles. The van der Waals surface area contributed by atoms with Gasteiger partial charge in [0.1, 0.15) is 5.75 Å². The van der Waals surface area contributed by atoms with E-state index in [0.29, 0.717) is 27.5 Å². The third-order valence-electron chi connectivity index (χ3n) is 4.85. The number of benzene rings is 3. The van der Waals surface area contributed by atoms with Gasteiger partial charge in [-0.2, -0.15) is 5.10 Å². The van der Waals surface area contributed by atoms with E-state index in [1.165, 1.54) is 22.5 Å². The van der Waals surface area contributed by atoms with Gasteiger partial charge in [0.05, 0.1) is 29.5 Å². The first-order valence-corrected chi connectivity index (χ1v) is 11.5. The lowest BCUT2D eigenvalue weighted by molar-refractivity contribution is -0.118. The Bertz CT molecular complexity index is 1400. The Morgan fingerprint density at radius 2 is 1.79 bits per heavy atom. The molecule has 1 N–H and O–H groups in total. The number of para-hydroxylation sites is 1. The number of hydrogen-bond donors (Lipinski definition) is 1. The number of carbonyl (C=O) groups excluding carboxylic acids is 1. The van der Waals surface area contributed by atoms with E-state index in [4.69, 9.17) is 4.74 Å². The maximum absolute atomic E-state index is 13.3. The molecule has 3 aromatic carbocycles. The van der Waals surface area contributed by atoms with Gasteiger partial charge in [-0.3, -0.25) is 14.2 Å². The summed E-state index contributed by atoms with van der Waals surface area (Å²) < 4.78 is 6.72. The van der Waals surface area contributed by atoms with Gasteiger partial charge in [-0.15, -0.1) is 0 Å². The highest BCUT2D eigenvalue weighted by atomic mass is 32.2. The van der Waals surface area contributed by atoms with Crippen LogP contribution in [0.15, 0.2) is 100.0 Å². The molecule has 170 valence electrons. The molecule has 34 heavy (non-hydrogen) atoms. The van der Waals surface area contributed by atoms with Crippen LogP contribution >= 0.6 is 11.8 Å². The molecular weight excluding hydrogens is 448 g/mol. The normalized spacial score (nSPS) is 11.3. The predicted octanol–water partition coefficient (Wildman–Crippen LogP) is 4.30. The Kier molecular flexibility index (Phi) is 7.52. The molecule has 0 fully saturated rings. The number of allylic oxidation sites excluding steroid dienone is 1. The highest BCUT2D eigenvalue weighted by Crippen LogP contribution is 2.22. The van der Waals surface area contributed by atoms with Crippen molar-refractivity contribution in [3.05, 3.63) is 101 Å². The van der Waals surface area contributed by atoms with Crippen molar-refractivity contribution in [2.75, 3.05) is 12.9 Å². The minimum Gasteiger partial charge on any atom is -0.497 e. The van der Waals surface area contributed by atoms with Gasteiger partial charge in [-0.25, -0.2) is 10.4 Å². The van der Waals surface area contributed by atoms with Crippen molar-refractivity contribution in [2.45, 2.75) is 5.16 Å². The molecule has 0 aliphatic carbocycles. The molecule has 0 spiro atoms. The molecule has 0 unspecified atom stereocenters. The Balaban J connectivity index is 1.50. The molecule has 0 radical (unpaired) electrons. The lowest BCUT2D eigenvalue weighted by Gasteiger charge is -2.13. The monoisotopic (exact) mass is 470 g/mol. The van der Waals surface area contributed by atoms with Crippen LogP contribution in [0.1, 0.15) is 5.56 Å². The van der Waals surface area contributed by atoms with Crippen LogP contribution in [0.4, 0.5) is 0 Å². The maximum atomic E-state index is 13.3. The first kappa shape index (κ1) is 23.0. The van der Waals surface area contributed by atoms with E-state index < -0.39 is 0 Å². The number of ether oxygens (including phenoxy) is 1. The van der Waals surface area contributed by atoms with Crippen molar-refractivity contribution in [1.82, 2.24) is 15.0 Å². The maximum Gasteiger partial charge on any atom is 0.266 e. The summed E-state index contributed by atoms with van der Waals surface area (Å²) in [6.45, 7) is 0. The van der Waals surface area contributed by atoms with Gasteiger partial charge in [-0.1, -0.05) is 60.3 Å². The fourth-order valence-electron chi connectivity index (χ4n) is 3.20. The van der Waals surface area contributed by atoms with Gasteiger partial charge < -0.3 is 4.74 Å². The number of fused-ring (bicyclic) bond motifs is 1. The summed E-state index contributed by atoms with van der Waals surface area (Å²) in [5.41, 5.74) is 4.53. The topological polar surface area (TPSA) is 85.6 Å². The Morgan fingerprint density at radius 3 is 2.56 bits per heavy atom. The number of aromatic nitrogens is 2. The van der Waals surface area contributed by atoms with Crippen LogP contribution in [0, 0.1) is 0 Å². The third kappa shape index (κ3) is 5.60. The minimum absolute atomic E-state index is 0.0423. The quantitative estimate of drug-likeness (QED) is 0.180. The lowest BCUT2D eigenvalue weighted by Crippen LogP contribution is -2.24. The zero-order valence-electron chi connectivity index (χ0n) is 18.4. The summed E-state index contributed by atoms with van der Waals surface area (Å²) in [5.74, 6) is 0.414. The fourth-order valence-corrected chi connectivity index (χ4v) is 4.01. The summed E-state index contributed by atoms with van der Waals surface area (Å²) in [4.78, 5) is 30.2. The molecule has 1 heterocycles. The van der Waals surface area contributed by atoms with Crippen LogP contribution in [0.2, 0.25) is 0 Å². The predicted molar refractivity (Wildman–Crippen MR) is 137 cm³/mol. The van der Waals surface area contributed by atoms with E-state index in [0.717, 1.165) is 5.56 Å². The van der Waals surface area contributed by atoms with Crippen molar-refractivity contribution >= 4 is 40.9 Å². The zero-order valence-corrected chi connectivity index (χ0v) is 19.2. The minimum atomic E-state index is -0.307. The average molecular weight is 471 g/mol. The Hall–Kier alpha value is -4.17. The third-order valence-corrected chi connectivity index (χ3v) is 5.78. The molecule has 0 saturated heterocycles. The van der Waals surface area contributed by atoms with Crippen molar-refractivity contribution in [3.8, 4) is 11.4 Å². The smallest absolute Gasteiger partial charge is 0.266 e.